The van der Waals surface area contributed by atoms with E-state index in [9.17, 15) is 9.18 Å². The molecule has 0 unspecified atom stereocenters. The van der Waals surface area contributed by atoms with Crippen molar-refractivity contribution in [1.29, 1.82) is 0 Å². The summed E-state index contributed by atoms with van der Waals surface area (Å²) in [4.78, 5) is 10.5. The summed E-state index contributed by atoms with van der Waals surface area (Å²) >= 11 is 0. The van der Waals surface area contributed by atoms with E-state index < -0.39 is 0 Å². The third-order valence-electron chi connectivity index (χ3n) is 1.41. The van der Waals surface area contributed by atoms with Crippen LogP contribution in [0.25, 0.3) is 6.08 Å². The number of carbonyl (C=O) groups excluding carboxylic acids is 1. The summed E-state index contributed by atoms with van der Waals surface area (Å²) in [5, 5.41) is 0. The number of ketones is 1. The van der Waals surface area contributed by atoms with Gasteiger partial charge in [-0.25, -0.2) is 4.39 Å². The van der Waals surface area contributed by atoms with Crippen molar-refractivity contribution in [3.63, 3.8) is 0 Å². The van der Waals surface area contributed by atoms with Gasteiger partial charge in [-0.15, -0.1) is 5.73 Å². The molecule has 0 spiro atoms. The van der Waals surface area contributed by atoms with Gasteiger partial charge in [-0.1, -0.05) is 12.1 Å². The zero-order valence-corrected chi connectivity index (χ0v) is 7.25. The minimum Gasteiger partial charge on any atom is -0.294 e. The van der Waals surface area contributed by atoms with Gasteiger partial charge in [0.25, 0.3) is 0 Å². The van der Waals surface area contributed by atoms with E-state index in [2.05, 4.69) is 5.73 Å². The van der Waals surface area contributed by atoms with Crippen LogP contribution in [0.2, 0.25) is 0 Å². The van der Waals surface area contributed by atoms with E-state index in [1.54, 1.807) is 18.2 Å². The van der Waals surface area contributed by atoms with Gasteiger partial charge in [-0.2, -0.15) is 0 Å². The Balaban J connectivity index is 2.81. The van der Waals surface area contributed by atoms with E-state index in [-0.39, 0.29) is 11.6 Å². The fourth-order valence-corrected chi connectivity index (χ4v) is 0.814. The standard InChI is InChI=1S/C11H9FO/c1-9(13)3-2-4-10-5-7-11(12)8-6-10/h3-8H,1H3. The average molecular weight is 176 g/mol. The number of halogens is 1. The largest absolute Gasteiger partial charge is 0.294 e. The molecule has 0 heterocycles. The summed E-state index contributed by atoms with van der Waals surface area (Å²) in [5.41, 5.74) is 3.52. The molecule has 1 aromatic rings. The van der Waals surface area contributed by atoms with Crippen LogP contribution in [0.4, 0.5) is 4.39 Å². The summed E-state index contributed by atoms with van der Waals surface area (Å²) < 4.78 is 12.4. The topological polar surface area (TPSA) is 17.1 Å². The van der Waals surface area contributed by atoms with Gasteiger partial charge in [0.05, 0.1) is 0 Å². The lowest BCUT2D eigenvalue weighted by Gasteiger charge is -1.89. The van der Waals surface area contributed by atoms with Gasteiger partial charge in [-0.05, 0) is 30.7 Å². The van der Waals surface area contributed by atoms with E-state index in [4.69, 9.17) is 0 Å². The van der Waals surface area contributed by atoms with E-state index in [1.165, 1.54) is 25.1 Å². The molecule has 66 valence electrons. The van der Waals surface area contributed by atoms with E-state index in [0.29, 0.717) is 0 Å². The maximum absolute atomic E-state index is 12.4. The van der Waals surface area contributed by atoms with Gasteiger partial charge in [0, 0.05) is 6.08 Å². The fraction of sp³-hybridized carbons (Fsp3) is 0.0909. The van der Waals surface area contributed by atoms with Gasteiger partial charge < -0.3 is 0 Å². The normalized spacial score (nSPS) is 8.77. The molecule has 1 nitrogen and oxygen atoms in total. The smallest absolute Gasteiger partial charge is 0.160 e. The van der Waals surface area contributed by atoms with Crippen molar-refractivity contribution in [2.45, 2.75) is 6.92 Å². The average Bonchev–Trinajstić information content (AvgIpc) is 2.08. The third kappa shape index (κ3) is 3.50. The van der Waals surface area contributed by atoms with E-state index in [0.717, 1.165) is 5.56 Å². The minimum atomic E-state index is -0.271. The molecule has 0 aliphatic carbocycles. The number of allylic oxidation sites excluding steroid dienone is 1. The van der Waals surface area contributed by atoms with Crippen molar-refractivity contribution < 1.29 is 9.18 Å². The molecular weight excluding hydrogens is 167 g/mol. The lowest BCUT2D eigenvalue weighted by molar-refractivity contribution is -0.112. The molecule has 0 radical (unpaired) electrons. The van der Waals surface area contributed by atoms with Crippen LogP contribution in [0.1, 0.15) is 12.5 Å². The molecule has 0 N–H and O–H groups in total. The van der Waals surface area contributed by atoms with Crippen molar-refractivity contribution in [2.24, 2.45) is 0 Å². The SMILES string of the molecule is CC(=O)C=C=Cc1ccc(F)cc1. The molecule has 0 saturated carbocycles. The Kier molecular flexibility index (Phi) is 3.18. The molecule has 1 aromatic carbocycles. The first-order valence-corrected chi connectivity index (χ1v) is 3.87. The van der Waals surface area contributed by atoms with Crippen LogP contribution in [0.15, 0.2) is 36.1 Å². The second-order valence-corrected chi connectivity index (χ2v) is 2.62. The van der Waals surface area contributed by atoms with Crippen LogP contribution < -0.4 is 0 Å². The van der Waals surface area contributed by atoms with Gasteiger partial charge in [0.1, 0.15) is 5.82 Å². The van der Waals surface area contributed by atoms with E-state index in [1.807, 2.05) is 0 Å². The molecule has 13 heavy (non-hydrogen) atoms. The molecule has 0 bridgehead atoms. The van der Waals surface area contributed by atoms with Gasteiger partial charge in [0.15, 0.2) is 5.78 Å². The summed E-state index contributed by atoms with van der Waals surface area (Å²) in [7, 11) is 0. The summed E-state index contributed by atoms with van der Waals surface area (Å²) in [6, 6.07) is 5.97. The van der Waals surface area contributed by atoms with Crippen LogP contribution in [-0.4, -0.2) is 5.78 Å². The van der Waals surface area contributed by atoms with Gasteiger partial charge in [0.2, 0.25) is 0 Å². The Morgan fingerprint density at radius 2 is 2.00 bits per heavy atom. The first-order valence-electron chi connectivity index (χ1n) is 3.87. The van der Waals surface area contributed by atoms with Crippen molar-refractivity contribution in [3.8, 4) is 0 Å². The fourth-order valence-electron chi connectivity index (χ4n) is 0.814. The number of hydrogen-bond donors (Lipinski definition) is 0. The zero-order valence-electron chi connectivity index (χ0n) is 7.25. The van der Waals surface area contributed by atoms with Crippen LogP contribution in [-0.2, 0) is 4.79 Å². The molecule has 0 saturated heterocycles. The molecule has 0 aliphatic heterocycles. The summed E-state index contributed by atoms with van der Waals surface area (Å²) in [5.74, 6) is -0.328. The van der Waals surface area contributed by atoms with Crippen molar-refractivity contribution in [2.75, 3.05) is 0 Å². The van der Waals surface area contributed by atoms with Crippen LogP contribution >= 0.6 is 0 Å². The number of rotatable bonds is 2. The van der Waals surface area contributed by atoms with Crippen molar-refractivity contribution >= 4 is 11.9 Å². The maximum Gasteiger partial charge on any atom is 0.160 e. The zero-order chi connectivity index (χ0) is 9.68. The minimum absolute atomic E-state index is 0.0571. The molecule has 2 heteroatoms. The molecule has 0 aromatic heterocycles. The highest BCUT2D eigenvalue weighted by atomic mass is 19.1. The number of carbonyl (C=O) groups is 1. The van der Waals surface area contributed by atoms with Crippen molar-refractivity contribution in [3.05, 3.63) is 47.5 Å². The first kappa shape index (κ1) is 9.43. The quantitative estimate of drug-likeness (QED) is 0.500. The molecule has 1 rings (SSSR count). The monoisotopic (exact) mass is 176 g/mol. The Bertz CT molecular complexity index is 356. The lowest BCUT2D eigenvalue weighted by atomic mass is 10.2. The Morgan fingerprint density at radius 1 is 1.38 bits per heavy atom. The highest BCUT2D eigenvalue weighted by Crippen LogP contribution is 2.03. The highest BCUT2D eigenvalue weighted by molar-refractivity contribution is 5.87. The molecule has 0 fully saturated rings. The molecule has 0 amide bonds. The van der Waals surface area contributed by atoms with Gasteiger partial charge >= 0.3 is 0 Å². The molecule has 0 atom stereocenters. The number of benzene rings is 1. The Hall–Kier alpha value is -1.66. The lowest BCUT2D eigenvalue weighted by Crippen LogP contribution is -1.77. The highest BCUT2D eigenvalue weighted by Gasteiger charge is 1.87. The second-order valence-electron chi connectivity index (χ2n) is 2.62. The van der Waals surface area contributed by atoms with Crippen LogP contribution in [0.3, 0.4) is 0 Å². The van der Waals surface area contributed by atoms with Crippen LogP contribution in [0, 0.1) is 5.82 Å². The summed E-state index contributed by atoms with van der Waals surface area (Å²) in [6.07, 6.45) is 2.96. The van der Waals surface area contributed by atoms with Crippen molar-refractivity contribution in [1.82, 2.24) is 0 Å². The Labute approximate surface area is 76.2 Å². The molecular formula is C11H9FO. The second kappa shape index (κ2) is 4.39. The Morgan fingerprint density at radius 3 is 2.54 bits per heavy atom. The third-order valence-corrected chi connectivity index (χ3v) is 1.41. The summed E-state index contributed by atoms with van der Waals surface area (Å²) in [6.45, 7) is 1.45. The van der Waals surface area contributed by atoms with E-state index >= 15 is 0 Å². The number of hydrogen-bond acceptors (Lipinski definition) is 1. The van der Waals surface area contributed by atoms with Crippen LogP contribution in [0.5, 0.6) is 0 Å². The maximum atomic E-state index is 12.4. The predicted octanol–water partition coefficient (Wildman–Crippen LogP) is 2.58. The predicted molar refractivity (Wildman–Crippen MR) is 49.6 cm³/mol. The molecule has 0 aliphatic rings. The van der Waals surface area contributed by atoms with Gasteiger partial charge in [-0.3, -0.25) is 4.79 Å². The first-order chi connectivity index (χ1) is 6.18.